The molecule has 1 heterocycles. The number of hydrogen-bond donors (Lipinski definition) is 1. The smallest absolute Gasteiger partial charge is 0.0396 e. The number of hydrogen-bond acceptors (Lipinski definition) is 2. The highest BCUT2D eigenvalue weighted by Crippen LogP contribution is 2.33. The fourth-order valence-electron chi connectivity index (χ4n) is 2.83. The molecule has 1 saturated heterocycles. The molecule has 0 aliphatic carbocycles. The monoisotopic (exact) mass is 232 g/mol. The molecule has 2 heteroatoms. The second-order valence-corrected chi connectivity index (χ2v) is 6.01. The number of nitrogens with zero attached hydrogens (tertiary/aromatic N) is 1. The second kappa shape index (κ2) is 4.69. The molecule has 0 spiro atoms. The SMILES string of the molecule is Cc1cc(CN)ccc1N1CCCC(C)(C)C1. The number of benzene rings is 1. The maximum absolute atomic E-state index is 5.68. The number of anilines is 1. The average molecular weight is 232 g/mol. The molecule has 2 N–H and O–H groups in total. The lowest BCUT2D eigenvalue weighted by Crippen LogP contribution is -2.40. The van der Waals surface area contributed by atoms with Gasteiger partial charge in [0, 0.05) is 25.3 Å². The van der Waals surface area contributed by atoms with Gasteiger partial charge in [-0.25, -0.2) is 0 Å². The van der Waals surface area contributed by atoms with E-state index in [9.17, 15) is 0 Å². The average Bonchev–Trinajstić information content (AvgIpc) is 2.27. The van der Waals surface area contributed by atoms with Crippen LogP contribution in [-0.2, 0) is 6.54 Å². The topological polar surface area (TPSA) is 29.3 Å². The maximum atomic E-state index is 5.68. The molecule has 0 saturated carbocycles. The van der Waals surface area contributed by atoms with Crippen molar-refractivity contribution < 1.29 is 0 Å². The first kappa shape index (κ1) is 12.4. The maximum Gasteiger partial charge on any atom is 0.0396 e. The van der Waals surface area contributed by atoms with Crippen molar-refractivity contribution in [3.63, 3.8) is 0 Å². The number of aryl methyl sites for hydroxylation is 1. The summed E-state index contributed by atoms with van der Waals surface area (Å²) in [4.78, 5) is 2.53. The summed E-state index contributed by atoms with van der Waals surface area (Å²) in [7, 11) is 0. The van der Waals surface area contributed by atoms with Gasteiger partial charge in [0.2, 0.25) is 0 Å². The highest BCUT2D eigenvalue weighted by atomic mass is 15.1. The molecule has 0 amide bonds. The van der Waals surface area contributed by atoms with E-state index in [2.05, 4.69) is 43.9 Å². The van der Waals surface area contributed by atoms with Crippen LogP contribution < -0.4 is 10.6 Å². The second-order valence-electron chi connectivity index (χ2n) is 6.01. The lowest BCUT2D eigenvalue weighted by Gasteiger charge is -2.40. The van der Waals surface area contributed by atoms with Crippen molar-refractivity contribution in [2.75, 3.05) is 18.0 Å². The van der Waals surface area contributed by atoms with E-state index in [-0.39, 0.29) is 0 Å². The van der Waals surface area contributed by atoms with Crippen LogP contribution >= 0.6 is 0 Å². The van der Waals surface area contributed by atoms with Gasteiger partial charge in [0.15, 0.2) is 0 Å². The molecule has 0 unspecified atom stereocenters. The van der Waals surface area contributed by atoms with Crippen LogP contribution in [0.5, 0.6) is 0 Å². The largest absolute Gasteiger partial charge is 0.371 e. The molecule has 1 fully saturated rings. The fourth-order valence-corrected chi connectivity index (χ4v) is 2.83. The zero-order valence-corrected chi connectivity index (χ0v) is 11.3. The number of rotatable bonds is 2. The highest BCUT2D eigenvalue weighted by molar-refractivity contribution is 5.55. The van der Waals surface area contributed by atoms with Crippen LogP contribution in [0.3, 0.4) is 0 Å². The van der Waals surface area contributed by atoms with E-state index in [4.69, 9.17) is 5.73 Å². The van der Waals surface area contributed by atoms with Gasteiger partial charge in [0.25, 0.3) is 0 Å². The van der Waals surface area contributed by atoms with E-state index in [1.54, 1.807) is 0 Å². The molecule has 0 bridgehead atoms. The standard InChI is InChI=1S/C15H24N2/c1-12-9-13(10-16)5-6-14(12)17-8-4-7-15(2,3)11-17/h5-6,9H,4,7-8,10-11,16H2,1-3H3. The molecule has 2 rings (SSSR count). The zero-order chi connectivity index (χ0) is 12.5. The van der Waals surface area contributed by atoms with Crippen molar-refractivity contribution in [2.45, 2.75) is 40.2 Å². The summed E-state index contributed by atoms with van der Waals surface area (Å²) in [6.45, 7) is 9.90. The lowest BCUT2D eigenvalue weighted by atomic mass is 9.84. The Balaban J connectivity index is 2.22. The number of nitrogens with two attached hydrogens (primary N) is 1. The Bertz CT molecular complexity index is 396. The van der Waals surface area contributed by atoms with Crippen molar-refractivity contribution in [3.8, 4) is 0 Å². The Morgan fingerprint density at radius 2 is 2.12 bits per heavy atom. The van der Waals surface area contributed by atoms with Gasteiger partial charge in [0.1, 0.15) is 0 Å². The third kappa shape index (κ3) is 2.81. The van der Waals surface area contributed by atoms with Crippen molar-refractivity contribution in [1.29, 1.82) is 0 Å². The van der Waals surface area contributed by atoms with Gasteiger partial charge in [0.05, 0.1) is 0 Å². The van der Waals surface area contributed by atoms with Crippen molar-refractivity contribution in [1.82, 2.24) is 0 Å². The first-order valence-corrected chi connectivity index (χ1v) is 6.56. The van der Waals surface area contributed by atoms with E-state index in [0.29, 0.717) is 12.0 Å². The van der Waals surface area contributed by atoms with Gasteiger partial charge in [-0.15, -0.1) is 0 Å². The molecule has 0 radical (unpaired) electrons. The summed E-state index contributed by atoms with van der Waals surface area (Å²) >= 11 is 0. The first-order chi connectivity index (χ1) is 8.02. The summed E-state index contributed by atoms with van der Waals surface area (Å²) in [6.07, 6.45) is 2.63. The van der Waals surface area contributed by atoms with E-state index in [0.717, 1.165) is 6.54 Å². The van der Waals surface area contributed by atoms with E-state index in [1.165, 1.54) is 36.2 Å². The normalized spacial score (nSPS) is 19.4. The van der Waals surface area contributed by atoms with Crippen LogP contribution in [0.4, 0.5) is 5.69 Å². The molecule has 2 nitrogen and oxygen atoms in total. The molecule has 0 aromatic heterocycles. The Morgan fingerprint density at radius 3 is 2.71 bits per heavy atom. The minimum absolute atomic E-state index is 0.442. The zero-order valence-electron chi connectivity index (χ0n) is 11.3. The molecule has 17 heavy (non-hydrogen) atoms. The van der Waals surface area contributed by atoms with Crippen LogP contribution in [0, 0.1) is 12.3 Å². The van der Waals surface area contributed by atoms with Crippen LogP contribution in [-0.4, -0.2) is 13.1 Å². The quantitative estimate of drug-likeness (QED) is 0.849. The van der Waals surface area contributed by atoms with Crippen LogP contribution in [0.1, 0.15) is 37.8 Å². The van der Waals surface area contributed by atoms with Gasteiger partial charge in [-0.1, -0.05) is 26.0 Å². The van der Waals surface area contributed by atoms with Crippen LogP contribution in [0.15, 0.2) is 18.2 Å². The third-order valence-corrected chi connectivity index (χ3v) is 3.74. The van der Waals surface area contributed by atoms with Gasteiger partial charge < -0.3 is 10.6 Å². The van der Waals surface area contributed by atoms with E-state index < -0.39 is 0 Å². The molecule has 1 aliphatic rings. The predicted octanol–water partition coefficient (Wildman–Crippen LogP) is 3.08. The molecule has 1 aliphatic heterocycles. The van der Waals surface area contributed by atoms with Crippen LogP contribution in [0.2, 0.25) is 0 Å². The summed E-state index contributed by atoms with van der Waals surface area (Å²) in [5.41, 5.74) is 10.1. The van der Waals surface area contributed by atoms with E-state index >= 15 is 0 Å². The van der Waals surface area contributed by atoms with Crippen molar-refractivity contribution in [2.24, 2.45) is 11.1 Å². The fraction of sp³-hybridized carbons (Fsp3) is 0.600. The van der Waals surface area contributed by atoms with Crippen molar-refractivity contribution >= 4 is 5.69 Å². The van der Waals surface area contributed by atoms with E-state index in [1.807, 2.05) is 0 Å². The minimum atomic E-state index is 0.442. The first-order valence-electron chi connectivity index (χ1n) is 6.56. The molecule has 1 aromatic rings. The minimum Gasteiger partial charge on any atom is -0.371 e. The van der Waals surface area contributed by atoms with Gasteiger partial charge in [-0.2, -0.15) is 0 Å². The lowest BCUT2D eigenvalue weighted by molar-refractivity contribution is 0.293. The number of piperidine rings is 1. The molecular formula is C15H24N2. The van der Waals surface area contributed by atoms with Gasteiger partial charge in [-0.05, 0) is 42.4 Å². The van der Waals surface area contributed by atoms with Crippen molar-refractivity contribution in [3.05, 3.63) is 29.3 Å². The Morgan fingerprint density at radius 1 is 1.35 bits per heavy atom. The molecule has 94 valence electrons. The predicted molar refractivity (Wildman–Crippen MR) is 74.3 cm³/mol. The van der Waals surface area contributed by atoms with Crippen LogP contribution in [0.25, 0.3) is 0 Å². The van der Waals surface area contributed by atoms with Gasteiger partial charge >= 0.3 is 0 Å². The third-order valence-electron chi connectivity index (χ3n) is 3.74. The Kier molecular flexibility index (Phi) is 3.43. The summed E-state index contributed by atoms with van der Waals surface area (Å²) < 4.78 is 0. The Labute approximate surface area is 105 Å². The Hall–Kier alpha value is -1.02. The summed E-state index contributed by atoms with van der Waals surface area (Å²) in [5, 5.41) is 0. The summed E-state index contributed by atoms with van der Waals surface area (Å²) in [6, 6.07) is 6.61. The summed E-state index contributed by atoms with van der Waals surface area (Å²) in [5.74, 6) is 0. The molecule has 0 atom stereocenters. The molecule has 1 aromatic carbocycles. The van der Waals surface area contributed by atoms with Gasteiger partial charge in [-0.3, -0.25) is 0 Å². The highest BCUT2D eigenvalue weighted by Gasteiger charge is 2.26. The molecular weight excluding hydrogens is 208 g/mol.